The number of anilines is 2. The minimum Gasteiger partial charge on any atom is -0.379 e. The molecule has 12 heteroatoms. The van der Waals surface area contributed by atoms with E-state index in [1.165, 1.54) is 4.90 Å². The Morgan fingerprint density at radius 3 is 2.59 bits per heavy atom. The molecule has 0 bridgehead atoms. The summed E-state index contributed by atoms with van der Waals surface area (Å²) in [6.07, 6.45) is 5.37. The molecule has 0 atom stereocenters. The lowest BCUT2D eigenvalue weighted by atomic mass is 9.75. The van der Waals surface area contributed by atoms with E-state index in [4.69, 9.17) is 21.3 Å². The topological polar surface area (TPSA) is 96.7 Å². The number of amides is 2. The van der Waals surface area contributed by atoms with Crippen molar-refractivity contribution in [2.75, 3.05) is 49.4 Å². The molecule has 3 aromatic rings. The van der Waals surface area contributed by atoms with Crippen LogP contribution in [-0.2, 0) is 36.7 Å². The summed E-state index contributed by atoms with van der Waals surface area (Å²) in [6.45, 7) is 7.45. The Bertz CT molecular complexity index is 1460. The largest absolute Gasteiger partial charge is 0.379 e. The maximum absolute atomic E-state index is 14.0. The third-order valence-electron chi connectivity index (χ3n) is 7.89. The number of halogens is 1. The first kappa shape index (κ1) is 29.5. The van der Waals surface area contributed by atoms with E-state index in [0.717, 1.165) is 46.9 Å². The number of fused-ring (bicyclic) bond motifs is 1. The first-order valence-corrected chi connectivity index (χ1v) is 15.4. The SMILES string of the molecule is CCCN(C)Cc1cc(SC)c2c(c1)C(=O)N(c1cc(C3(Cc4nncn4C)COC3)cc(N(CC)C(=O)Cl)n1)C2. The normalized spacial score (nSPS) is 15.8. The van der Waals surface area contributed by atoms with E-state index in [1.54, 1.807) is 23.0 Å². The van der Waals surface area contributed by atoms with Gasteiger partial charge in [-0.3, -0.25) is 19.4 Å². The first-order valence-electron chi connectivity index (χ1n) is 13.8. The molecule has 0 saturated carbocycles. The molecule has 2 aromatic heterocycles. The molecular weight excluding hydrogens is 562 g/mol. The second-order valence-electron chi connectivity index (χ2n) is 10.8. The van der Waals surface area contributed by atoms with Gasteiger partial charge in [0.1, 0.15) is 23.8 Å². The Morgan fingerprint density at radius 1 is 1.22 bits per heavy atom. The summed E-state index contributed by atoms with van der Waals surface area (Å²) in [7, 11) is 4.01. The minimum absolute atomic E-state index is 0.0987. The monoisotopic (exact) mass is 597 g/mol. The summed E-state index contributed by atoms with van der Waals surface area (Å²) in [4.78, 5) is 37.6. The highest BCUT2D eigenvalue weighted by atomic mass is 35.5. The van der Waals surface area contributed by atoms with Crippen LogP contribution in [0.4, 0.5) is 16.4 Å². The van der Waals surface area contributed by atoms with Gasteiger partial charge in [0.2, 0.25) is 0 Å². The Morgan fingerprint density at radius 2 is 2.00 bits per heavy atom. The van der Waals surface area contributed by atoms with Crippen molar-refractivity contribution < 1.29 is 14.3 Å². The number of pyridine rings is 1. The fourth-order valence-corrected chi connectivity index (χ4v) is 6.51. The number of ether oxygens (including phenoxy) is 1. The number of thioether (sulfide) groups is 1. The van der Waals surface area contributed by atoms with Crippen LogP contribution in [0.1, 0.15) is 53.1 Å². The van der Waals surface area contributed by atoms with Crippen molar-refractivity contribution >= 4 is 46.3 Å². The molecule has 218 valence electrons. The molecule has 2 aliphatic rings. The smallest absolute Gasteiger partial charge is 0.321 e. The predicted molar refractivity (Wildman–Crippen MR) is 161 cm³/mol. The van der Waals surface area contributed by atoms with Gasteiger partial charge in [-0.25, -0.2) is 4.98 Å². The summed E-state index contributed by atoms with van der Waals surface area (Å²) < 4.78 is 7.61. The maximum atomic E-state index is 14.0. The van der Waals surface area contributed by atoms with Crippen molar-refractivity contribution in [2.24, 2.45) is 7.05 Å². The number of carbonyl (C=O) groups excluding carboxylic acids is 2. The summed E-state index contributed by atoms with van der Waals surface area (Å²) in [5.74, 6) is 1.61. The third-order valence-corrected chi connectivity index (χ3v) is 8.90. The number of hydrogen-bond acceptors (Lipinski definition) is 8. The number of nitrogens with zero attached hydrogens (tertiary/aromatic N) is 7. The maximum Gasteiger partial charge on any atom is 0.321 e. The molecule has 41 heavy (non-hydrogen) atoms. The predicted octanol–water partition coefficient (Wildman–Crippen LogP) is 4.63. The zero-order valence-corrected chi connectivity index (χ0v) is 25.8. The average molecular weight is 598 g/mol. The van der Waals surface area contributed by atoms with Crippen LogP contribution in [0.15, 0.2) is 35.5 Å². The number of aryl methyl sites for hydroxylation is 1. The lowest BCUT2D eigenvalue weighted by molar-refractivity contribution is -0.0611. The highest BCUT2D eigenvalue weighted by molar-refractivity contribution is 7.98. The fourth-order valence-electron chi connectivity index (χ4n) is 5.61. The van der Waals surface area contributed by atoms with Crippen LogP contribution in [0, 0.1) is 0 Å². The molecule has 4 heterocycles. The molecule has 0 N–H and O–H groups in total. The summed E-state index contributed by atoms with van der Waals surface area (Å²) in [6, 6.07) is 8.04. The second-order valence-corrected chi connectivity index (χ2v) is 12.0. The van der Waals surface area contributed by atoms with Crippen molar-refractivity contribution in [1.82, 2.24) is 24.6 Å². The van der Waals surface area contributed by atoms with E-state index in [-0.39, 0.29) is 5.91 Å². The van der Waals surface area contributed by atoms with Gasteiger partial charge >= 0.3 is 5.37 Å². The van der Waals surface area contributed by atoms with Gasteiger partial charge in [-0.05, 0) is 85.7 Å². The number of rotatable bonds is 11. The standard InChI is InChI=1S/C29H36ClN7O3S/c1-6-8-34(3)14-19-9-21-22(23(10-19)41-5)15-37(27(21)38)25-12-20(11-24(32-25)36(7-2)28(30)39)29(16-40-17-29)13-26-33-31-18-35(26)4/h9-12,18H,6-8,13-17H2,1-5H3. The average Bonchev–Trinajstić information content (AvgIpc) is 3.48. The van der Waals surface area contributed by atoms with Gasteiger partial charge in [-0.2, -0.15) is 0 Å². The molecule has 1 fully saturated rings. The van der Waals surface area contributed by atoms with Crippen molar-refractivity contribution in [3.05, 3.63) is 58.7 Å². The second kappa shape index (κ2) is 12.1. The van der Waals surface area contributed by atoms with E-state index in [2.05, 4.69) is 35.1 Å². The van der Waals surface area contributed by atoms with Gasteiger partial charge in [-0.1, -0.05) is 6.92 Å². The van der Waals surface area contributed by atoms with Crippen LogP contribution in [0.3, 0.4) is 0 Å². The van der Waals surface area contributed by atoms with Crippen LogP contribution in [-0.4, -0.2) is 75.5 Å². The molecule has 2 aliphatic heterocycles. The highest BCUT2D eigenvalue weighted by Crippen LogP contribution is 2.41. The molecule has 0 aliphatic carbocycles. The lowest BCUT2D eigenvalue weighted by Crippen LogP contribution is -2.49. The number of benzene rings is 1. The zero-order chi connectivity index (χ0) is 29.3. The molecule has 0 radical (unpaired) electrons. The summed E-state index contributed by atoms with van der Waals surface area (Å²) >= 11 is 7.62. The Kier molecular flexibility index (Phi) is 8.70. The minimum atomic E-state index is -0.628. The molecular formula is C29H36ClN7O3S. The van der Waals surface area contributed by atoms with Crippen LogP contribution in [0.2, 0.25) is 0 Å². The zero-order valence-electron chi connectivity index (χ0n) is 24.2. The van der Waals surface area contributed by atoms with Gasteiger partial charge in [0, 0.05) is 42.4 Å². The number of carbonyl (C=O) groups is 2. The molecule has 5 rings (SSSR count). The van der Waals surface area contributed by atoms with Crippen LogP contribution >= 0.6 is 23.4 Å². The molecule has 0 spiro atoms. The number of aromatic nitrogens is 4. The van der Waals surface area contributed by atoms with Gasteiger partial charge in [0.15, 0.2) is 0 Å². The van der Waals surface area contributed by atoms with E-state index in [9.17, 15) is 9.59 Å². The summed E-state index contributed by atoms with van der Waals surface area (Å²) in [5.41, 5.74) is 3.32. The quantitative estimate of drug-likeness (QED) is 0.179. The Labute approximate surface area is 250 Å². The lowest BCUT2D eigenvalue weighted by Gasteiger charge is -2.42. The van der Waals surface area contributed by atoms with Gasteiger partial charge in [0.05, 0.1) is 19.8 Å². The Balaban J connectivity index is 1.56. The van der Waals surface area contributed by atoms with E-state index < -0.39 is 10.8 Å². The first-order chi connectivity index (χ1) is 19.7. The third kappa shape index (κ3) is 5.73. The van der Waals surface area contributed by atoms with Crippen LogP contribution in [0.25, 0.3) is 0 Å². The summed E-state index contributed by atoms with van der Waals surface area (Å²) in [5, 5.41) is 7.70. The van der Waals surface area contributed by atoms with Crippen LogP contribution in [0.5, 0.6) is 0 Å². The molecule has 1 saturated heterocycles. The van der Waals surface area contributed by atoms with E-state index in [1.807, 2.05) is 43.0 Å². The van der Waals surface area contributed by atoms with E-state index in [0.29, 0.717) is 49.9 Å². The van der Waals surface area contributed by atoms with Crippen molar-refractivity contribution in [3.8, 4) is 0 Å². The Hall–Kier alpha value is -2.99. The van der Waals surface area contributed by atoms with Crippen molar-refractivity contribution in [3.63, 3.8) is 0 Å². The van der Waals surface area contributed by atoms with Gasteiger partial charge in [-0.15, -0.1) is 22.0 Å². The van der Waals surface area contributed by atoms with Crippen molar-refractivity contribution in [1.29, 1.82) is 0 Å². The van der Waals surface area contributed by atoms with Gasteiger partial charge in [0.25, 0.3) is 5.91 Å². The van der Waals surface area contributed by atoms with Crippen LogP contribution < -0.4 is 9.80 Å². The molecule has 0 unspecified atom stereocenters. The fraction of sp³-hybridized carbons (Fsp3) is 0.483. The molecule has 2 amide bonds. The molecule has 10 nitrogen and oxygen atoms in total. The van der Waals surface area contributed by atoms with Crippen molar-refractivity contribution in [2.45, 2.75) is 50.1 Å². The van der Waals surface area contributed by atoms with Gasteiger partial charge < -0.3 is 14.2 Å². The van der Waals surface area contributed by atoms with E-state index >= 15 is 0 Å². The molecule has 1 aromatic carbocycles. The highest BCUT2D eigenvalue weighted by Gasteiger charge is 2.43. The number of hydrogen-bond donors (Lipinski definition) is 0.